The smallest absolute Gasteiger partial charge is 0.171 e. The molecule has 0 amide bonds. The summed E-state index contributed by atoms with van der Waals surface area (Å²) in [4.78, 5) is 0. The fourth-order valence-corrected chi connectivity index (χ4v) is 1.09. The number of phenols is 1. The third-order valence-corrected chi connectivity index (χ3v) is 1.78. The first-order valence-electron chi connectivity index (χ1n) is 4.17. The van der Waals surface area contributed by atoms with Crippen molar-refractivity contribution in [1.29, 1.82) is 0 Å². The van der Waals surface area contributed by atoms with Crippen LogP contribution in [0.5, 0.6) is 5.75 Å². The van der Waals surface area contributed by atoms with Crippen LogP contribution in [0.15, 0.2) is 36.9 Å². The normalized spacial score (nSPS) is 9.14. The van der Waals surface area contributed by atoms with Gasteiger partial charge in [-0.15, -0.1) is 6.58 Å². The van der Waals surface area contributed by atoms with E-state index in [9.17, 15) is 0 Å². The third-order valence-electron chi connectivity index (χ3n) is 1.53. The molecule has 3 nitrogen and oxygen atoms in total. The second kappa shape index (κ2) is 5.24. The first-order valence-corrected chi connectivity index (χ1v) is 4.58. The Morgan fingerprint density at radius 1 is 1.43 bits per heavy atom. The van der Waals surface area contributed by atoms with E-state index < -0.39 is 0 Å². The highest BCUT2D eigenvalue weighted by Crippen LogP contribution is 2.13. The lowest BCUT2D eigenvalue weighted by atomic mass is 10.3. The van der Waals surface area contributed by atoms with Crippen LogP contribution in [-0.2, 0) is 0 Å². The van der Waals surface area contributed by atoms with E-state index in [2.05, 4.69) is 17.2 Å². The van der Waals surface area contributed by atoms with Crippen LogP contribution < -0.4 is 10.6 Å². The molecule has 14 heavy (non-hydrogen) atoms. The van der Waals surface area contributed by atoms with Crippen molar-refractivity contribution in [1.82, 2.24) is 5.32 Å². The van der Waals surface area contributed by atoms with Gasteiger partial charge in [0.15, 0.2) is 5.11 Å². The van der Waals surface area contributed by atoms with E-state index in [1.165, 1.54) is 0 Å². The number of phenolic OH excluding ortho intramolecular Hbond substituents is 1. The maximum absolute atomic E-state index is 9.04. The molecule has 0 saturated heterocycles. The predicted octanol–water partition coefficient (Wildman–Crippen LogP) is 1.86. The van der Waals surface area contributed by atoms with Gasteiger partial charge in [-0.2, -0.15) is 0 Å². The molecule has 0 bridgehead atoms. The Morgan fingerprint density at radius 2 is 2.07 bits per heavy atom. The largest absolute Gasteiger partial charge is 0.508 e. The minimum Gasteiger partial charge on any atom is -0.508 e. The van der Waals surface area contributed by atoms with E-state index in [1.54, 1.807) is 30.3 Å². The second-order valence-corrected chi connectivity index (χ2v) is 3.08. The van der Waals surface area contributed by atoms with Crippen molar-refractivity contribution in [3.8, 4) is 5.75 Å². The molecule has 0 aliphatic heterocycles. The lowest BCUT2D eigenvalue weighted by molar-refractivity contribution is 0.475. The van der Waals surface area contributed by atoms with Crippen molar-refractivity contribution in [2.24, 2.45) is 0 Å². The molecule has 0 fully saturated rings. The summed E-state index contributed by atoms with van der Waals surface area (Å²) in [6.07, 6.45) is 1.73. The van der Waals surface area contributed by atoms with Gasteiger partial charge in [0.1, 0.15) is 5.75 Å². The Bertz CT molecular complexity index is 321. The zero-order valence-electron chi connectivity index (χ0n) is 7.66. The van der Waals surface area contributed by atoms with Crippen molar-refractivity contribution in [2.75, 3.05) is 11.9 Å². The molecule has 74 valence electrons. The lowest BCUT2D eigenvalue weighted by Gasteiger charge is -2.08. The van der Waals surface area contributed by atoms with Crippen LogP contribution in [0.4, 0.5) is 5.69 Å². The quantitative estimate of drug-likeness (QED) is 0.403. The minimum absolute atomic E-state index is 0.237. The monoisotopic (exact) mass is 208 g/mol. The zero-order valence-corrected chi connectivity index (χ0v) is 8.47. The summed E-state index contributed by atoms with van der Waals surface area (Å²) < 4.78 is 0. The van der Waals surface area contributed by atoms with Gasteiger partial charge in [-0.25, -0.2) is 0 Å². The van der Waals surface area contributed by atoms with Crippen LogP contribution in [-0.4, -0.2) is 16.8 Å². The van der Waals surface area contributed by atoms with Gasteiger partial charge in [0, 0.05) is 12.2 Å². The molecule has 1 rings (SSSR count). The summed E-state index contributed by atoms with van der Waals surface area (Å²) >= 11 is 5.00. The van der Waals surface area contributed by atoms with Gasteiger partial charge in [0.2, 0.25) is 0 Å². The summed E-state index contributed by atoms with van der Waals surface area (Å²) in [5.41, 5.74) is 0.837. The average molecular weight is 208 g/mol. The van der Waals surface area contributed by atoms with Crippen LogP contribution in [0.3, 0.4) is 0 Å². The third kappa shape index (κ3) is 3.45. The zero-order chi connectivity index (χ0) is 10.4. The van der Waals surface area contributed by atoms with Crippen molar-refractivity contribution in [3.63, 3.8) is 0 Å². The van der Waals surface area contributed by atoms with Crippen LogP contribution >= 0.6 is 12.2 Å². The molecule has 1 aromatic rings. The first-order chi connectivity index (χ1) is 6.72. The van der Waals surface area contributed by atoms with Gasteiger partial charge < -0.3 is 15.7 Å². The summed E-state index contributed by atoms with van der Waals surface area (Å²) in [7, 11) is 0. The van der Waals surface area contributed by atoms with Gasteiger partial charge in [0.25, 0.3) is 0 Å². The van der Waals surface area contributed by atoms with Crippen molar-refractivity contribution < 1.29 is 5.11 Å². The van der Waals surface area contributed by atoms with E-state index in [1.807, 2.05) is 0 Å². The highest BCUT2D eigenvalue weighted by Gasteiger charge is 1.95. The lowest BCUT2D eigenvalue weighted by Crippen LogP contribution is -2.28. The van der Waals surface area contributed by atoms with Gasteiger partial charge in [-0.1, -0.05) is 6.08 Å². The molecule has 0 radical (unpaired) electrons. The van der Waals surface area contributed by atoms with E-state index in [0.717, 1.165) is 5.69 Å². The molecule has 0 aromatic heterocycles. The van der Waals surface area contributed by atoms with Gasteiger partial charge >= 0.3 is 0 Å². The highest BCUT2D eigenvalue weighted by atomic mass is 32.1. The number of aromatic hydroxyl groups is 1. The molecule has 0 heterocycles. The van der Waals surface area contributed by atoms with Crippen LogP contribution in [0.1, 0.15) is 0 Å². The molecule has 1 aromatic carbocycles. The fraction of sp³-hybridized carbons (Fsp3) is 0.100. The number of benzene rings is 1. The molecule has 0 saturated carbocycles. The standard InChI is InChI=1S/C10H12N2OS/c1-2-7-11-10(14)12-8-3-5-9(13)6-4-8/h2-6,13H,1,7H2,(H2,11,12,14). The fourth-order valence-electron chi connectivity index (χ4n) is 0.885. The SMILES string of the molecule is C=CCNC(=S)Nc1ccc(O)cc1. The van der Waals surface area contributed by atoms with Crippen molar-refractivity contribution in [2.45, 2.75) is 0 Å². The number of hydrogen-bond acceptors (Lipinski definition) is 2. The summed E-state index contributed by atoms with van der Waals surface area (Å²) in [5.74, 6) is 0.237. The summed E-state index contributed by atoms with van der Waals surface area (Å²) in [6, 6.07) is 6.69. The van der Waals surface area contributed by atoms with Crippen molar-refractivity contribution in [3.05, 3.63) is 36.9 Å². The Labute approximate surface area is 88.5 Å². The maximum atomic E-state index is 9.04. The maximum Gasteiger partial charge on any atom is 0.171 e. The van der Waals surface area contributed by atoms with Gasteiger partial charge in [-0.3, -0.25) is 0 Å². The highest BCUT2D eigenvalue weighted by molar-refractivity contribution is 7.80. The van der Waals surface area contributed by atoms with Crippen LogP contribution in [0, 0.1) is 0 Å². The van der Waals surface area contributed by atoms with Crippen LogP contribution in [0.25, 0.3) is 0 Å². The number of thiocarbonyl (C=S) groups is 1. The summed E-state index contributed by atoms with van der Waals surface area (Å²) in [6.45, 7) is 4.20. The van der Waals surface area contributed by atoms with E-state index in [0.29, 0.717) is 11.7 Å². The van der Waals surface area contributed by atoms with E-state index in [4.69, 9.17) is 17.3 Å². The molecule has 0 aliphatic rings. The predicted molar refractivity (Wildman–Crippen MR) is 62.5 cm³/mol. The Morgan fingerprint density at radius 3 is 2.64 bits per heavy atom. The number of hydrogen-bond donors (Lipinski definition) is 3. The minimum atomic E-state index is 0.237. The molecular formula is C10H12N2OS. The number of anilines is 1. The van der Waals surface area contributed by atoms with E-state index in [-0.39, 0.29) is 5.75 Å². The molecular weight excluding hydrogens is 196 g/mol. The van der Waals surface area contributed by atoms with Crippen LogP contribution in [0.2, 0.25) is 0 Å². The van der Waals surface area contributed by atoms with Gasteiger partial charge in [-0.05, 0) is 36.5 Å². The molecule has 0 aliphatic carbocycles. The molecule has 4 heteroatoms. The summed E-state index contributed by atoms with van der Waals surface area (Å²) in [5, 5.41) is 15.5. The second-order valence-electron chi connectivity index (χ2n) is 2.67. The number of rotatable bonds is 3. The molecule has 0 spiro atoms. The Balaban J connectivity index is 2.47. The average Bonchev–Trinajstić information content (AvgIpc) is 2.18. The number of nitrogens with one attached hydrogen (secondary N) is 2. The van der Waals surface area contributed by atoms with E-state index >= 15 is 0 Å². The topological polar surface area (TPSA) is 44.3 Å². The molecule has 0 atom stereocenters. The Kier molecular flexibility index (Phi) is 3.94. The van der Waals surface area contributed by atoms with Crippen molar-refractivity contribution >= 4 is 23.0 Å². The first kappa shape index (κ1) is 10.5. The molecule has 3 N–H and O–H groups in total. The van der Waals surface area contributed by atoms with Gasteiger partial charge in [0.05, 0.1) is 0 Å². The Hall–Kier alpha value is -1.55. The molecule has 0 unspecified atom stereocenters.